The Morgan fingerprint density at radius 1 is 1.19 bits per heavy atom. The molecule has 0 radical (unpaired) electrons. The SMILES string of the molecule is COc1c(Cl)cc(C(=O)N2CCCC(c3nnc4ccc(C(F)(F)F)cn34)C2)cc1Cl. The Balaban J connectivity index is 1.61. The first kappa shape index (κ1) is 21.7. The molecule has 11 heteroatoms. The predicted octanol–water partition coefficient (Wildman–Crippen LogP) is 5.08. The highest BCUT2D eigenvalue weighted by Gasteiger charge is 2.33. The van der Waals surface area contributed by atoms with Crippen LogP contribution in [0.5, 0.6) is 5.75 Å². The molecule has 164 valence electrons. The molecule has 6 nitrogen and oxygen atoms in total. The second-order valence-corrected chi connectivity index (χ2v) is 8.08. The minimum Gasteiger partial charge on any atom is -0.494 e. The number of ether oxygens (including phenoxy) is 1. The number of halogens is 5. The van der Waals surface area contributed by atoms with Gasteiger partial charge in [0.05, 0.1) is 22.7 Å². The first-order valence-corrected chi connectivity index (χ1v) is 10.2. The number of piperidine rings is 1. The molecule has 1 saturated heterocycles. The van der Waals surface area contributed by atoms with E-state index in [4.69, 9.17) is 27.9 Å². The summed E-state index contributed by atoms with van der Waals surface area (Å²) in [5, 5.41) is 8.52. The summed E-state index contributed by atoms with van der Waals surface area (Å²) in [6.07, 6.45) is -2.14. The molecule has 31 heavy (non-hydrogen) atoms. The third-order valence-corrected chi connectivity index (χ3v) is 5.84. The normalized spacial score (nSPS) is 17.2. The van der Waals surface area contributed by atoms with Crippen molar-refractivity contribution in [2.75, 3.05) is 20.2 Å². The van der Waals surface area contributed by atoms with Gasteiger partial charge in [0.15, 0.2) is 11.4 Å². The maximum atomic E-state index is 13.1. The summed E-state index contributed by atoms with van der Waals surface area (Å²) in [7, 11) is 1.43. The number of nitrogens with zero attached hydrogens (tertiary/aromatic N) is 4. The van der Waals surface area contributed by atoms with Crippen LogP contribution in [0, 0.1) is 0 Å². The summed E-state index contributed by atoms with van der Waals surface area (Å²) in [4.78, 5) is 14.7. The Bertz CT molecular complexity index is 1130. The molecule has 3 heterocycles. The number of hydrogen-bond donors (Lipinski definition) is 0. The molecule has 4 rings (SSSR count). The van der Waals surface area contributed by atoms with Crippen molar-refractivity contribution in [1.82, 2.24) is 19.5 Å². The van der Waals surface area contributed by atoms with Gasteiger partial charge in [0, 0.05) is 30.8 Å². The summed E-state index contributed by atoms with van der Waals surface area (Å²) < 4.78 is 45.9. The number of amides is 1. The Labute approximate surface area is 185 Å². The molecule has 0 N–H and O–H groups in total. The Morgan fingerprint density at radius 2 is 1.90 bits per heavy atom. The molecule has 2 aromatic heterocycles. The quantitative estimate of drug-likeness (QED) is 0.532. The molecule has 0 aliphatic carbocycles. The van der Waals surface area contributed by atoms with E-state index in [-0.39, 0.29) is 34.2 Å². The molecule has 1 amide bonds. The highest BCUT2D eigenvalue weighted by Crippen LogP contribution is 2.35. The fraction of sp³-hybridized carbons (Fsp3) is 0.350. The standard InChI is InChI=1S/C20H17Cl2F3N4O2/c1-31-17-14(21)7-12(8-15(17)22)19(30)28-6-2-3-11(9-28)18-27-26-16-5-4-13(10-29(16)18)20(23,24)25/h4-5,7-8,10-11H,2-3,6,9H2,1H3. The lowest BCUT2D eigenvalue weighted by molar-refractivity contribution is -0.137. The fourth-order valence-corrected chi connectivity index (χ4v) is 4.43. The summed E-state index contributed by atoms with van der Waals surface area (Å²) in [5.74, 6) is 0.137. The number of fused-ring (bicyclic) bond motifs is 1. The monoisotopic (exact) mass is 472 g/mol. The average molecular weight is 473 g/mol. The third-order valence-electron chi connectivity index (χ3n) is 5.28. The van der Waals surface area contributed by atoms with Gasteiger partial charge in [-0.2, -0.15) is 13.2 Å². The van der Waals surface area contributed by atoms with E-state index in [1.807, 2.05) is 0 Å². The second kappa shape index (κ2) is 8.20. The molecule has 1 aliphatic rings. The van der Waals surface area contributed by atoms with E-state index in [2.05, 4.69) is 10.2 Å². The van der Waals surface area contributed by atoms with Crippen LogP contribution in [0.1, 0.15) is 40.5 Å². The number of likely N-dealkylation sites (tertiary alicyclic amines) is 1. The van der Waals surface area contributed by atoms with E-state index in [0.717, 1.165) is 12.3 Å². The molecule has 0 bridgehead atoms. The van der Waals surface area contributed by atoms with Crippen LogP contribution >= 0.6 is 23.2 Å². The number of rotatable bonds is 3. The Hall–Kier alpha value is -2.52. The first-order chi connectivity index (χ1) is 14.7. The van der Waals surface area contributed by atoms with Gasteiger partial charge < -0.3 is 9.64 Å². The van der Waals surface area contributed by atoms with Gasteiger partial charge >= 0.3 is 6.18 Å². The number of alkyl halides is 3. The number of benzene rings is 1. The van der Waals surface area contributed by atoms with Crippen LogP contribution in [-0.2, 0) is 6.18 Å². The van der Waals surface area contributed by atoms with E-state index in [9.17, 15) is 18.0 Å². The van der Waals surface area contributed by atoms with Crippen molar-refractivity contribution >= 4 is 34.8 Å². The maximum Gasteiger partial charge on any atom is 0.417 e. The van der Waals surface area contributed by atoms with Gasteiger partial charge in [-0.25, -0.2) is 0 Å². The van der Waals surface area contributed by atoms with Crippen LogP contribution in [0.25, 0.3) is 5.65 Å². The zero-order valence-electron chi connectivity index (χ0n) is 16.3. The van der Waals surface area contributed by atoms with E-state index < -0.39 is 11.7 Å². The number of carbonyl (C=O) groups excluding carboxylic acids is 1. The molecule has 1 fully saturated rings. The Morgan fingerprint density at radius 3 is 2.55 bits per heavy atom. The van der Waals surface area contributed by atoms with E-state index in [0.29, 0.717) is 36.4 Å². The highest BCUT2D eigenvalue weighted by atomic mass is 35.5. The van der Waals surface area contributed by atoms with Crippen molar-refractivity contribution in [3.63, 3.8) is 0 Å². The lowest BCUT2D eigenvalue weighted by atomic mass is 9.96. The molecule has 1 aliphatic heterocycles. The van der Waals surface area contributed by atoms with Crippen molar-refractivity contribution in [3.8, 4) is 5.75 Å². The number of hydrogen-bond acceptors (Lipinski definition) is 4. The number of carbonyl (C=O) groups is 1. The Kier molecular flexibility index (Phi) is 5.74. The molecular weight excluding hydrogens is 456 g/mol. The van der Waals surface area contributed by atoms with Crippen LogP contribution < -0.4 is 4.74 Å². The number of aromatic nitrogens is 3. The van der Waals surface area contributed by atoms with Crippen molar-refractivity contribution < 1.29 is 22.7 Å². The lowest BCUT2D eigenvalue weighted by Crippen LogP contribution is -2.39. The topological polar surface area (TPSA) is 59.7 Å². The molecule has 0 spiro atoms. The zero-order valence-corrected chi connectivity index (χ0v) is 17.8. The molecule has 1 aromatic carbocycles. The highest BCUT2D eigenvalue weighted by molar-refractivity contribution is 6.37. The van der Waals surface area contributed by atoms with Gasteiger partial charge in [-0.15, -0.1) is 10.2 Å². The largest absolute Gasteiger partial charge is 0.494 e. The van der Waals surface area contributed by atoms with Gasteiger partial charge in [-0.3, -0.25) is 9.20 Å². The fourth-order valence-electron chi connectivity index (χ4n) is 3.79. The van der Waals surface area contributed by atoms with Crippen LogP contribution in [-0.4, -0.2) is 45.6 Å². The second-order valence-electron chi connectivity index (χ2n) is 7.27. The molecule has 1 atom stereocenters. The minimum absolute atomic E-state index is 0.218. The van der Waals surface area contributed by atoms with Crippen LogP contribution in [0.4, 0.5) is 13.2 Å². The smallest absolute Gasteiger partial charge is 0.417 e. The third kappa shape index (κ3) is 4.16. The summed E-state index contributed by atoms with van der Waals surface area (Å²) in [5.41, 5.74) is -0.158. The van der Waals surface area contributed by atoms with E-state index in [1.54, 1.807) is 4.90 Å². The number of pyridine rings is 1. The number of methoxy groups -OCH3 is 1. The van der Waals surface area contributed by atoms with Crippen LogP contribution in [0.2, 0.25) is 10.0 Å². The average Bonchev–Trinajstić information content (AvgIpc) is 3.16. The van der Waals surface area contributed by atoms with Gasteiger partial charge in [-0.1, -0.05) is 23.2 Å². The van der Waals surface area contributed by atoms with Gasteiger partial charge in [0.2, 0.25) is 0 Å². The molecule has 1 unspecified atom stereocenters. The maximum absolute atomic E-state index is 13.1. The van der Waals surface area contributed by atoms with E-state index in [1.165, 1.54) is 29.7 Å². The van der Waals surface area contributed by atoms with Crippen molar-refractivity contribution in [3.05, 3.63) is 57.5 Å². The lowest BCUT2D eigenvalue weighted by Gasteiger charge is -2.32. The summed E-state index contributed by atoms with van der Waals surface area (Å²) in [6.45, 7) is 0.790. The zero-order chi connectivity index (χ0) is 22.3. The molecule has 3 aromatic rings. The van der Waals surface area contributed by atoms with Gasteiger partial charge in [0.1, 0.15) is 5.82 Å². The van der Waals surface area contributed by atoms with Gasteiger partial charge in [-0.05, 0) is 37.1 Å². The molecular formula is C20H17Cl2F3N4O2. The van der Waals surface area contributed by atoms with Crippen molar-refractivity contribution in [2.45, 2.75) is 24.9 Å². The van der Waals surface area contributed by atoms with Gasteiger partial charge in [0.25, 0.3) is 5.91 Å². The predicted molar refractivity (Wildman–Crippen MR) is 109 cm³/mol. The molecule has 0 saturated carbocycles. The minimum atomic E-state index is -4.48. The van der Waals surface area contributed by atoms with Crippen molar-refractivity contribution in [2.24, 2.45) is 0 Å². The van der Waals surface area contributed by atoms with Crippen molar-refractivity contribution in [1.29, 1.82) is 0 Å². The van der Waals surface area contributed by atoms with Crippen LogP contribution in [0.3, 0.4) is 0 Å². The first-order valence-electron chi connectivity index (χ1n) is 9.43. The summed E-state index contributed by atoms with van der Waals surface area (Å²) in [6, 6.07) is 5.23. The summed E-state index contributed by atoms with van der Waals surface area (Å²) >= 11 is 12.3. The van der Waals surface area contributed by atoms with Crippen LogP contribution in [0.15, 0.2) is 30.5 Å². The van der Waals surface area contributed by atoms with E-state index >= 15 is 0 Å².